The molecule has 0 aliphatic carbocycles. The summed E-state index contributed by atoms with van der Waals surface area (Å²) in [6, 6.07) is 7.44. The lowest BCUT2D eigenvalue weighted by molar-refractivity contribution is 0.126. The van der Waals surface area contributed by atoms with Crippen LogP contribution in [0.1, 0.15) is 23.0 Å². The quantitative estimate of drug-likeness (QED) is 0.870. The molecule has 0 bridgehead atoms. The van der Waals surface area contributed by atoms with Crippen molar-refractivity contribution in [3.8, 4) is 0 Å². The minimum Gasteiger partial charge on any atom is -0.394 e. The lowest BCUT2D eigenvalue weighted by atomic mass is 9.93. The summed E-state index contributed by atoms with van der Waals surface area (Å²) in [5, 5.41) is 16.5. The van der Waals surface area contributed by atoms with Crippen LogP contribution in [-0.4, -0.2) is 44.0 Å². The highest BCUT2D eigenvalue weighted by Gasteiger charge is 2.30. The summed E-state index contributed by atoms with van der Waals surface area (Å²) < 4.78 is 1.62. The van der Waals surface area contributed by atoms with Crippen LogP contribution in [0.15, 0.2) is 30.6 Å². The van der Waals surface area contributed by atoms with Crippen LogP contribution in [0.5, 0.6) is 0 Å². The number of aromatic nitrogens is 3. The SMILES string of the molecule is Cn1ncnc1CNC(=O)N1CCc2ccccc2C1CO. The molecule has 0 fully saturated rings. The van der Waals surface area contributed by atoms with Crippen LogP contribution in [-0.2, 0) is 20.0 Å². The van der Waals surface area contributed by atoms with Gasteiger partial charge in [0, 0.05) is 13.6 Å². The number of aryl methyl sites for hydroxylation is 1. The number of hydrogen-bond donors (Lipinski definition) is 2. The first-order valence-corrected chi connectivity index (χ1v) is 7.26. The topological polar surface area (TPSA) is 83.3 Å². The molecule has 7 heteroatoms. The fourth-order valence-electron chi connectivity index (χ4n) is 2.83. The van der Waals surface area contributed by atoms with Crippen LogP contribution in [0.2, 0.25) is 0 Å². The molecule has 1 unspecified atom stereocenters. The van der Waals surface area contributed by atoms with E-state index in [0.717, 1.165) is 12.0 Å². The van der Waals surface area contributed by atoms with Crippen molar-refractivity contribution in [3.05, 3.63) is 47.5 Å². The number of aliphatic hydroxyl groups excluding tert-OH is 1. The van der Waals surface area contributed by atoms with Crippen molar-refractivity contribution in [2.45, 2.75) is 19.0 Å². The number of aliphatic hydroxyl groups is 1. The lowest BCUT2D eigenvalue weighted by Crippen LogP contribution is -2.46. The fraction of sp³-hybridized carbons (Fsp3) is 0.400. The molecule has 2 N–H and O–H groups in total. The van der Waals surface area contributed by atoms with Crippen LogP contribution in [0.25, 0.3) is 0 Å². The van der Waals surface area contributed by atoms with E-state index in [-0.39, 0.29) is 18.7 Å². The van der Waals surface area contributed by atoms with Crippen molar-refractivity contribution in [3.63, 3.8) is 0 Å². The van der Waals surface area contributed by atoms with Gasteiger partial charge in [0.2, 0.25) is 0 Å². The van der Waals surface area contributed by atoms with Gasteiger partial charge in [0.25, 0.3) is 0 Å². The van der Waals surface area contributed by atoms with Gasteiger partial charge in [0.15, 0.2) is 0 Å². The molecule has 1 aliphatic rings. The van der Waals surface area contributed by atoms with E-state index >= 15 is 0 Å². The summed E-state index contributed by atoms with van der Waals surface area (Å²) in [6.07, 6.45) is 2.25. The Balaban J connectivity index is 1.71. The van der Waals surface area contributed by atoms with Crippen LogP contribution >= 0.6 is 0 Å². The van der Waals surface area contributed by atoms with E-state index in [1.807, 2.05) is 24.3 Å². The number of fused-ring (bicyclic) bond motifs is 1. The number of urea groups is 1. The molecule has 1 aromatic heterocycles. The van der Waals surface area contributed by atoms with Crippen molar-refractivity contribution in [1.29, 1.82) is 0 Å². The number of hydrogen-bond acceptors (Lipinski definition) is 4. The standard InChI is InChI=1S/C15H19N5O2/c1-19-14(17-10-18-19)8-16-15(22)20-7-6-11-4-2-3-5-12(11)13(20)9-21/h2-5,10,13,21H,6-9H2,1H3,(H,16,22). The maximum absolute atomic E-state index is 12.4. The van der Waals surface area contributed by atoms with Crippen LogP contribution in [0, 0.1) is 0 Å². The van der Waals surface area contributed by atoms with Crippen molar-refractivity contribution >= 4 is 6.03 Å². The Kier molecular flexibility index (Phi) is 4.06. The Bertz CT molecular complexity index is 669. The van der Waals surface area contributed by atoms with Crippen LogP contribution < -0.4 is 5.32 Å². The number of rotatable bonds is 3. The fourth-order valence-corrected chi connectivity index (χ4v) is 2.83. The zero-order valence-corrected chi connectivity index (χ0v) is 12.4. The van der Waals surface area contributed by atoms with Crippen molar-refractivity contribution in [2.24, 2.45) is 7.05 Å². The van der Waals surface area contributed by atoms with Crippen molar-refractivity contribution < 1.29 is 9.90 Å². The number of nitrogens with zero attached hydrogens (tertiary/aromatic N) is 4. The molecule has 2 aromatic rings. The number of benzene rings is 1. The number of nitrogens with one attached hydrogen (secondary N) is 1. The molecule has 1 aromatic carbocycles. The average Bonchev–Trinajstić information content (AvgIpc) is 2.96. The first-order valence-electron chi connectivity index (χ1n) is 7.26. The first-order chi connectivity index (χ1) is 10.7. The molecule has 2 amide bonds. The molecule has 0 radical (unpaired) electrons. The molecule has 2 heterocycles. The molecular weight excluding hydrogens is 282 g/mol. The van der Waals surface area contributed by atoms with Gasteiger partial charge in [-0.05, 0) is 17.5 Å². The van der Waals surface area contributed by atoms with Crippen molar-refractivity contribution in [2.75, 3.05) is 13.2 Å². The molecule has 7 nitrogen and oxygen atoms in total. The summed E-state index contributed by atoms with van der Waals surface area (Å²) in [7, 11) is 1.78. The van der Waals surface area contributed by atoms with Crippen molar-refractivity contribution in [1.82, 2.24) is 25.0 Å². The normalized spacial score (nSPS) is 17.2. The molecule has 3 rings (SSSR count). The summed E-state index contributed by atoms with van der Waals surface area (Å²) in [5.41, 5.74) is 2.21. The van der Waals surface area contributed by atoms with Gasteiger partial charge in [-0.25, -0.2) is 9.78 Å². The largest absolute Gasteiger partial charge is 0.394 e. The van der Waals surface area contributed by atoms with E-state index in [9.17, 15) is 9.90 Å². The summed E-state index contributed by atoms with van der Waals surface area (Å²) in [4.78, 5) is 18.2. The van der Waals surface area contributed by atoms with Gasteiger partial charge in [0.05, 0.1) is 19.2 Å². The minimum atomic E-state index is -0.301. The molecule has 1 atom stereocenters. The second kappa shape index (κ2) is 6.15. The van der Waals surface area contributed by atoms with Gasteiger partial charge >= 0.3 is 6.03 Å². The maximum atomic E-state index is 12.4. The Morgan fingerprint density at radius 3 is 3.00 bits per heavy atom. The zero-order chi connectivity index (χ0) is 15.5. The molecule has 0 spiro atoms. The first kappa shape index (κ1) is 14.5. The monoisotopic (exact) mass is 301 g/mol. The van der Waals surface area contributed by atoms with E-state index in [2.05, 4.69) is 15.4 Å². The van der Waals surface area contributed by atoms with Crippen LogP contribution in [0.4, 0.5) is 4.79 Å². The summed E-state index contributed by atoms with van der Waals surface area (Å²) in [5.74, 6) is 0.686. The van der Waals surface area contributed by atoms with E-state index in [0.29, 0.717) is 18.9 Å². The third-order valence-electron chi connectivity index (χ3n) is 4.05. The van der Waals surface area contributed by atoms with Gasteiger partial charge in [-0.2, -0.15) is 5.10 Å². The number of carbonyl (C=O) groups excluding carboxylic acids is 1. The van der Waals surface area contributed by atoms with E-state index in [1.165, 1.54) is 11.9 Å². The predicted octanol–water partition coefficient (Wildman–Crippen LogP) is 0.616. The van der Waals surface area contributed by atoms with Gasteiger partial charge in [-0.3, -0.25) is 4.68 Å². The van der Waals surface area contributed by atoms with Gasteiger partial charge in [0.1, 0.15) is 12.2 Å². The third-order valence-corrected chi connectivity index (χ3v) is 4.05. The molecule has 116 valence electrons. The third kappa shape index (κ3) is 2.67. The van der Waals surface area contributed by atoms with E-state index in [1.54, 1.807) is 16.6 Å². The molecule has 1 aliphatic heterocycles. The summed E-state index contributed by atoms with van der Waals surface area (Å²) >= 11 is 0. The molecular formula is C15H19N5O2. The second-order valence-electron chi connectivity index (χ2n) is 5.30. The highest BCUT2D eigenvalue weighted by Crippen LogP contribution is 2.29. The maximum Gasteiger partial charge on any atom is 0.318 e. The minimum absolute atomic E-state index is 0.0889. The van der Waals surface area contributed by atoms with Gasteiger partial charge in [-0.1, -0.05) is 24.3 Å². The lowest BCUT2D eigenvalue weighted by Gasteiger charge is -2.36. The number of carbonyl (C=O) groups is 1. The molecule has 0 saturated carbocycles. The van der Waals surface area contributed by atoms with Crippen LogP contribution in [0.3, 0.4) is 0 Å². The number of amides is 2. The highest BCUT2D eigenvalue weighted by molar-refractivity contribution is 5.75. The summed E-state index contributed by atoms with van der Waals surface area (Å²) in [6.45, 7) is 0.812. The Morgan fingerprint density at radius 1 is 1.45 bits per heavy atom. The predicted molar refractivity (Wildman–Crippen MR) is 79.9 cm³/mol. The Hall–Kier alpha value is -2.41. The van der Waals surface area contributed by atoms with Gasteiger partial charge in [-0.15, -0.1) is 0 Å². The molecule has 22 heavy (non-hydrogen) atoms. The zero-order valence-electron chi connectivity index (χ0n) is 12.4. The average molecular weight is 301 g/mol. The highest BCUT2D eigenvalue weighted by atomic mass is 16.3. The Morgan fingerprint density at radius 2 is 2.27 bits per heavy atom. The second-order valence-corrected chi connectivity index (χ2v) is 5.30. The Labute approximate surface area is 128 Å². The van der Waals surface area contributed by atoms with Gasteiger partial charge < -0.3 is 15.3 Å². The smallest absolute Gasteiger partial charge is 0.318 e. The van der Waals surface area contributed by atoms with E-state index in [4.69, 9.17) is 0 Å². The molecule has 0 saturated heterocycles. The van der Waals surface area contributed by atoms with E-state index < -0.39 is 0 Å².